The summed E-state index contributed by atoms with van der Waals surface area (Å²) >= 11 is 0. The van der Waals surface area contributed by atoms with Crippen LogP contribution in [-0.2, 0) is 0 Å². The Bertz CT molecular complexity index is 503. The van der Waals surface area contributed by atoms with E-state index in [1.807, 2.05) is 6.07 Å². The minimum atomic E-state index is 0.636. The molecule has 3 rings (SSSR count). The molecule has 2 N–H and O–H groups in total. The second-order valence-electron chi connectivity index (χ2n) is 4.84. The van der Waals surface area contributed by atoms with Gasteiger partial charge in [0.25, 0.3) is 0 Å². The van der Waals surface area contributed by atoms with Crippen LogP contribution in [0.4, 0.5) is 11.6 Å². The van der Waals surface area contributed by atoms with Crippen LogP contribution in [0, 0.1) is 0 Å². The fraction of sp³-hybridized carbons (Fsp3) is 0.333. The van der Waals surface area contributed by atoms with Gasteiger partial charge >= 0.3 is 0 Å². The van der Waals surface area contributed by atoms with Crippen LogP contribution in [0.25, 0.3) is 0 Å². The van der Waals surface area contributed by atoms with Crippen molar-refractivity contribution in [1.82, 2.24) is 15.3 Å². The van der Waals surface area contributed by atoms with Crippen molar-refractivity contribution in [3.63, 3.8) is 0 Å². The third kappa shape index (κ3) is 3.09. The molecule has 0 amide bonds. The molecule has 0 atom stereocenters. The maximum atomic E-state index is 4.16. The molecule has 4 heteroatoms. The number of aromatic nitrogens is 2. The monoisotopic (exact) mass is 254 g/mol. The Morgan fingerprint density at radius 1 is 1.00 bits per heavy atom. The predicted octanol–water partition coefficient (Wildman–Crippen LogP) is 2.69. The molecule has 0 spiro atoms. The van der Waals surface area contributed by atoms with Crippen LogP contribution in [0.5, 0.6) is 0 Å². The standard InChI is InChI=1S/C15H18N4/c1-8-17-15(18-9-1)19-14-4-2-12(3-5-14)13-6-10-16-11-7-13/h1-5,8-9,13,16H,6-7,10-11H2,(H,17,18,19). The van der Waals surface area contributed by atoms with Gasteiger partial charge in [0.2, 0.25) is 5.95 Å². The molecule has 98 valence electrons. The summed E-state index contributed by atoms with van der Waals surface area (Å²) in [5, 5.41) is 6.60. The first-order valence-corrected chi connectivity index (χ1v) is 6.76. The number of benzene rings is 1. The lowest BCUT2D eigenvalue weighted by Crippen LogP contribution is -2.26. The molecular formula is C15H18N4. The lowest BCUT2D eigenvalue weighted by Gasteiger charge is -2.23. The molecule has 1 saturated heterocycles. The van der Waals surface area contributed by atoms with E-state index in [-0.39, 0.29) is 0 Å². The van der Waals surface area contributed by atoms with E-state index in [0.29, 0.717) is 11.9 Å². The molecule has 0 bridgehead atoms. The number of hydrogen-bond donors (Lipinski definition) is 2. The van der Waals surface area contributed by atoms with Crippen LogP contribution < -0.4 is 10.6 Å². The molecule has 0 aliphatic carbocycles. The van der Waals surface area contributed by atoms with Crippen molar-refractivity contribution >= 4 is 11.6 Å². The van der Waals surface area contributed by atoms with Crippen molar-refractivity contribution in [2.45, 2.75) is 18.8 Å². The lowest BCUT2D eigenvalue weighted by molar-refractivity contribution is 0.460. The van der Waals surface area contributed by atoms with Gasteiger partial charge in [0, 0.05) is 18.1 Å². The van der Waals surface area contributed by atoms with Gasteiger partial charge in [-0.25, -0.2) is 9.97 Å². The first kappa shape index (κ1) is 12.1. The second-order valence-corrected chi connectivity index (χ2v) is 4.84. The van der Waals surface area contributed by atoms with Gasteiger partial charge in [0.1, 0.15) is 0 Å². The number of nitrogens with zero attached hydrogens (tertiary/aromatic N) is 2. The van der Waals surface area contributed by atoms with E-state index in [1.165, 1.54) is 18.4 Å². The van der Waals surface area contributed by atoms with Gasteiger partial charge in [-0.1, -0.05) is 12.1 Å². The number of hydrogen-bond acceptors (Lipinski definition) is 4. The number of piperidine rings is 1. The molecule has 0 saturated carbocycles. The summed E-state index contributed by atoms with van der Waals surface area (Å²) in [6.45, 7) is 2.26. The highest BCUT2D eigenvalue weighted by molar-refractivity contribution is 5.53. The Kier molecular flexibility index (Phi) is 3.70. The SMILES string of the molecule is c1cnc(Nc2ccc(C3CCNCC3)cc2)nc1. The van der Waals surface area contributed by atoms with Crippen LogP contribution in [0.15, 0.2) is 42.7 Å². The van der Waals surface area contributed by atoms with Gasteiger partial charge in [-0.2, -0.15) is 0 Å². The number of nitrogens with one attached hydrogen (secondary N) is 2. The van der Waals surface area contributed by atoms with Crippen molar-refractivity contribution in [2.75, 3.05) is 18.4 Å². The molecule has 0 unspecified atom stereocenters. The highest BCUT2D eigenvalue weighted by atomic mass is 15.1. The second kappa shape index (κ2) is 5.80. The molecule has 1 fully saturated rings. The highest BCUT2D eigenvalue weighted by Crippen LogP contribution is 2.26. The molecule has 1 aromatic heterocycles. The summed E-state index contributed by atoms with van der Waals surface area (Å²) in [6, 6.07) is 10.4. The van der Waals surface area contributed by atoms with Crippen molar-refractivity contribution < 1.29 is 0 Å². The van der Waals surface area contributed by atoms with Crippen LogP contribution in [0.1, 0.15) is 24.3 Å². The van der Waals surface area contributed by atoms with Crippen LogP contribution >= 0.6 is 0 Å². The van der Waals surface area contributed by atoms with Gasteiger partial charge < -0.3 is 10.6 Å². The molecule has 19 heavy (non-hydrogen) atoms. The zero-order chi connectivity index (χ0) is 12.9. The minimum Gasteiger partial charge on any atom is -0.324 e. The van der Waals surface area contributed by atoms with E-state index in [1.54, 1.807) is 12.4 Å². The van der Waals surface area contributed by atoms with Gasteiger partial charge in [-0.3, -0.25) is 0 Å². The van der Waals surface area contributed by atoms with E-state index in [2.05, 4.69) is 44.9 Å². The summed E-state index contributed by atoms with van der Waals surface area (Å²) in [7, 11) is 0. The Morgan fingerprint density at radius 3 is 2.37 bits per heavy atom. The summed E-state index contributed by atoms with van der Waals surface area (Å²) < 4.78 is 0. The fourth-order valence-electron chi connectivity index (χ4n) is 2.49. The van der Waals surface area contributed by atoms with Crippen molar-refractivity contribution in [1.29, 1.82) is 0 Å². The van der Waals surface area contributed by atoms with E-state index >= 15 is 0 Å². The molecule has 4 nitrogen and oxygen atoms in total. The van der Waals surface area contributed by atoms with Gasteiger partial charge in [-0.05, 0) is 55.6 Å². The first-order valence-electron chi connectivity index (χ1n) is 6.76. The summed E-state index contributed by atoms with van der Waals surface area (Å²) in [5.74, 6) is 1.33. The minimum absolute atomic E-state index is 0.636. The first-order chi connectivity index (χ1) is 9.42. The Labute approximate surface area is 113 Å². The zero-order valence-electron chi connectivity index (χ0n) is 10.8. The smallest absolute Gasteiger partial charge is 0.227 e. The van der Waals surface area contributed by atoms with Crippen LogP contribution in [-0.4, -0.2) is 23.1 Å². The summed E-state index contributed by atoms with van der Waals surface area (Å²) in [4.78, 5) is 8.31. The molecule has 2 heterocycles. The summed E-state index contributed by atoms with van der Waals surface area (Å²) in [6.07, 6.45) is 5.93. The average Bonchev–Trinajstić information content (AvgIpc) is 2.50. The summed E-state index contributed by atoms with van der Waals surface area (Å²) in [5.41, 5.74) is 2.46. The van der Waals surface area contributed by atoms with E-state index in [0.717, 1.165) is 18.8 Å². The predicted molar refractivity (Wildman–Crippen MR) is 76.6 cm³/mol. The maximum absolute atomic E-state index is 4.16. The largest absolute Gasteiger partial charge is 0.324 e. The third-order valence-electron chi connectivity index (χ3n) is 3.54. The van der Waals surface area contributed by atoms with E-state index in [9.17, 15) is 0 Å². The third-order valence-corrected chi connectivity index (χ3v) is 3.54. The van der Waals surface area contributed by atoms with Crippen molar-refractivity contribution in [2.24, 2.45) is 0 Å². The maximum Gasteiger partial charge on any atom is 0.227 e. The van der Waals surface area contributed by atoms with Crippen LogP contribution in [0.3, 0.4) is 0 Å². The zero-order valence-corrected chi connectivity index (χ0v) is 10.8. The van der Waals surface area contributed by atoms with Gasteiger partial charge in [0.05, 0.1) is 0 Å². The van der Waals surface area contributed by atoms with Gasteiger partial charge in [0.15, 0.2) is 0 Å². The van der Waals surface area contributed by atoms with Gasteiger partial charge in [-0.15, -0.1) is 0 Å². The highest BCUT2D eigenvalue weighted by Gasteiger charge is 2.14. The van der Waals surface area contributed by atoms with E-state index < -0.39 is 0 Å². The van der Waals surface area contributed by atoms with Crippen LogP contribution in [0.2, 0.25) is 0 Å². The van der Waals surface area contributed by atoms with Crippen molar-refractivity contribution in [3.8, 4) is 0 Å². The molecular weight excluding hydrogens is 236 g/mol. The average molecular weight is 254 g/mol. The number of rotatable bonds is 3. The Hall–Kier alpha value is -1.94. The number of anilines is 2. The lowest BCUT2D eigenvalue weighted by atomic mass is 9.90. The Morgan fingerprint density at radius 2 is 1.68 bits per heavy atom. The Balaban J connectivity index is 1.68. The topological polar surface area (TPSA) is 49.8 Å². The molecule has 0 radical (unpaired) electrons. The fourth-order valence-corrected chi connectivity index (χ4v) is 2.49. The molecule has 1 aliphatic heterocycles. The quantitative estimate of drug-likeness (QED) is 0.884. The normalized spacial score (nSPS) is 16.2. The van der Waals surface area contributed by atoms with E-state index in [4.69, 9.17) is 0 Å². The molecule has 1 aliphatic rings. The molecule has 2 aromatic rings. The molecule has 1 aromatic carbocycles. The van der Waals surface area contributed by atoms with Crippen molar-refractivity contribution in [3.05, 3.63) is 48.3 Å².